The third-order valence-corrected chi connectivity index (χ3v) is 6.04. The first-order valence-electron chi connectivity index (χ1n) is 8.99. The number of aliphatic imine (C=N–C) groups is 1. The van der Waals surface area contributed by atoms with Crippen LogP contribution in [0.3, 0.4) is 0 Å². The minimum Gasteiger partial charge on any atom is -0.380 e. The summed E-state index contributed by atoms with van der Waals surface area (Å²) in [6.45, 7) is 2.28. The summed E-state index contributed by atoms with van der Waals surface area (Å²) < 4.78 is 5.58. The van der Waals surface area contributed by atoms with Gasteiger partial charge in [-0.05, 0) is 36.1 Å². The largest absolute Gasteiger partial charge is 0.380 e. The number of ether oxygens (including phenoxy) is 1. The number of hydrogen-bond donors (Lipinski definition) is 2. The molecule has 0 saturated heterocycles. The fourth-order valence-electron chi connectivity index (χ4n) is 2.86. The van der Waals surface area contributed by atoms with E-state index in [1.165, 1.54) is 28.9 Å². The zero-order valence-corrected chi connectivity index (χ0v) is 16.3. The lowest BCUT2D eigenvalue weighted by atomic mass is 10.1. The Morgan fingerprint density at radius 1 is 1.04 bits per heavy atom. The average molecular weight is 370 g/mol. The maximum Gasteiger partial charge on any atom is 0.191 e. The second-order valence-electron chi connectivity index (χ2n) is 6.58. The molecule has 0 spiro atoms. The number of nitrogens with one attached hydrogen (secondary N) is 2. The number of hydrogen-bond acceptors (Lipinski definition) is 3. The highest BCUT2D eigenvalue weighted by Gasteiger charge is 2.43. The first-order chi connectivity index (χ1) is 12.7. The van der Waals surface area contributed by atoms with Gasteiger partial charge in [0.25, 0.3) is 0 Å². The van der Waals surface area contributed by atoms with Crippen molar-refractivity contribution in [3.8, 4) is 0 Å². The molecule has 0 unspecified atom stereocenters. The molecule has 0 amide bonds. The van der Waals surface area contributed by atoms with Crippen molar-refractivity contribution < 1.29 is 4.74 Å². The number of benzene rings is 2. The summed E-state index contributed by atoms with van der Waals surface area (Å²) in [5.41, 5.74) is 2.44. The van der Waals surface area contributed by atoms with Gasteiger partial charge >= 0.3 is 0 Å². The molecule has 0 bridgehead atoms. The molecule has 2 aromatic rings. The van der Waals surface area contributed by atoms with Gasteiger partial charge in [0.15, 0.2) is 5.96 Å². The van der Waals surface area contributed by atoms with Crippen LogP contribution in [0.1, 0.15) is 24.0 Å². The molecule has 1 aliphatic carbocycles. The number of guanidine groups is 1. The maximum absolute atomic E-state index is 5.28. The van der Waals surface area contributed by atoms with E-state index in [1.807, 2.05) is 24.9 Å². The molecule has 3 rings (SSSR count). The van der Waals surface area contributed by atoms with Crippen LogP contribution in [-0.4, -0.2) is 31.4 Å². The van der Waals surface area contributed by atoms with Gasteiger partial charge in [-0.2, -0.15) is 0 Å². The Labute approximate surface area is 160 Å². The third-order valence-electron chi connectivity index (χ3n) is 4.55. The van der Waals surface area contributed by atoms with E-state index in [4.69, 9.17) is 4.74 Å². The van der Waals surface area contributed by atoms with Gasteiger partial charge in [0, 0.05) is 36.9 Å². The molecule has 1 saturated carbocycles. The molecule has 0 radical (unpaired) electrons. The quantitative estimate of drug-likeness (QED) is 0.548. The lowest BCUT2D eigenvalue weighted by Gasteiger charge is -2.19. The van der Waals surface area contributed by atoms with Crippen molar-refractivity contribution in [3.05, 3.63) is 65.7 Å². The first-order valence-corrected chi connectivity index (χ1v) is 9.81. The van der Waals surface area contributed by atoms with E-state index in [0.717, 1.165) is 19.0 Å². The lowest BCUT2D eigenvalue weighted by Crippen LogP contribution is -2.40. The number of thioether (sulfide) groups is 1. The van der Waals surface area contributed by atoms with Crippen LogP contribution in [0.25, 0.3) is 0 Å². The number of nitrogens with zero attached hydrogens (tertiary/aromatic N) is 1. The van der Waals surface area contributed by atoms with E-state index in [2.05, 4.69) is 64.2 Å². The molecule has 2 N–H and O–H groups in total. The Balaban J connectivity index is 1.51. The minimum absolute atomic E-state index is 0.299. The summed E-state index contributed by atoms with van der Waals surface area (Å²) in [5, 5.41) is 6.92. The molecule has 1 fully saturated rings. The molecule has 26 heavy (non-hydrogen) atoms. The van der Waals surface area contributed by atoms with Crippen molar-refractivity contribution in [1.82, 2.24) is 10.6 Å². The fourth-order valence-corrected chi connectivity index (χ4v) is 4.11. The van der Waals surface area contributed by atoms with Gasteiger partial charge in [-0.3, -0.25) is 4.99 Å². The number of rotatable bonds is 8. The van der Waals surface area contributed by atoms with Crippen LogP contribution in [0.15, 0.2) is 64.5 Å². The van der Waals surface area contributed by atoms with Crippen LogP contribution in [0, 0.1) is 0 Å². The number of methoxy groups -OCH3 is 1. The molecule has 138 valence electrons. The van der Waals surface area contributed by atoms with E-state index < -0.39 is 0 Å². The van der Waals surface area contributed by atoms with Crippen LogP contribution in [0.4, 0.5) is 0 Å². The molecule has 4 nitrogen and oxygen atoms in total. The summed E-state index contributed by atoms with van der Waals surface area (Å²) in [4.78, 5) is 5.71. The van der Waals surface area contributed by atoms with Gasteiger partial charge in [0.05, 0.1) is 6.61 Å². The standard InChI is InChI=1S/C21H27N3OS/c1-22-20(23-14-17-8-6-7-9-18(17)15-25-2)24-16-21(12-13-21)26-19-10-4-3-5-11-19/h3-11H,12-16H2,1-2H3,(H2,22,23,24). The maximum atomic E-state index is 5.28. The average Bonchev–Trinajstić information content (AvgIpc) is 3.43. The summed E-state index contributed by atoms with van der Waals surface area (Å²) in [7, 11) is 3.55. The smallest absolute Gasteiger partial charge is 0.191 e. The third kappa shape index (κ3) is 5.26. The Bertz CT molecular complexity index is 729. The van der Waals surface area contributed by atoms with Crippen LogP contribution in [-0.2, 0) is 17.9 Å². The summed E-state index contributed by atoms with van der Waals surface area (Å²) in [5.74, 6) is 0.845. The van der Waals surface area contributed by atoms with Crippen LogP contribution in [0.2, 0.25) is 0 Å². The summed E-state index contributed by atoms with van der Waals surface area (Å²) >= 11 is 1.97. The van der Waals surface area contributed by atoms with E-state index in [0.29, 0.717) is 11.4 Å². The Hall–Kier alpha value is -1.98. The Morgan fingerprint density at radius 3 is 2.38 bits per heavy atom. The highest BCUT2D eigenvalue weighted by atomic mass is 32.2. The van der Waals surface area contributed by atoms with E-state index in [-0.39, 0.29) is 0 Å². The zero-order valence-electron chi connectivity index (χ0n) is 15.5. The molecule has 0 atom stereocenters. The van der Waals surface area contributed by atoms with Gasteiger partial charge in [-0.25, -0.2) is 0 Å². The molecule has 2 aromatic carbocycles. The van der Waals surface area contributed by atoms with Gasteiger partial charge in [-0.15, -0.1) is 11.8 Å². The van der Waals surface area contributed by atoms with Gasteiger partial charge in [-0.1, -0.05) is 42.5 Å². The van der Waals surface area contributed by atoms with Crippen molar-refractivity contribution in [1.29, 1.82) is 0 Å². The van der Waals surface area contributed by atoms with Gasteiger partial charge in [0.1, 0.15) is 0 Å². The summed E-state index contributed by atoms with van der Waals surface area (Å²) in [6.07, 6.45) is 2.49. The SMILES string of the molecule is CN=C(NCc1ccccc1COC)NCC1(Sc2ccccc2)CC1. The molecule has 1 aliphatic rings. The van der Waals surface area contributed by atoms with Crippen LogP contribution < -0.4 is 10.6 Å². The van der Waals surface area contributed by atoms with Crippen molar-refractivity contribution in [3.63, 3.8) is 0 Å². The van der Waals surface area contributed by atoms with Crippen LogP contribution in [0.5, 0.6) is 0 Å². The Morgan fingerprint density at radius 2 is 1.73 bits per heavy atom. The normalized spacial score (nSPS) is 15.5. The molecular weight excluding hydrogens is 342 g/mol. The van der Waals surface area contributed by atoms with E-state index in [9.17, 15) is 0 Å². The monoisotopic (exact) mass is 369 g/mol. The Kier molecular flexibility index (Phi) is 6.58. The van der Waals surface area contributed by atoms with Crippen molar-refractivity contribution in [2.24, 2.45) is 4.99 Å². The fraction of sp³-hybridized carbons (Fsp3) is 0.381. The van der Waals surface area contributed by atoms with Gasteiger partial charge < -0.3 is 15.4 Å². The molecule has 0 aromatic heterocycles. The minimum atomic E-state index is 0.299. The van der Waals surface area contributed by atoms with Gasteiger partial charge in [0.2, 0.25) is 0 Å². The molecule has 5 heteroatoms. The predicted octanol–water partition coefficient (Wildman–Crippen LogP) is 3.82. The highest BCUT2D eigenvalue weighted by molar-refractivity contribution is 8.01. The predicted molar refractivity (Wildman–Crippen MR) is 110 cm³/mol. The van der Waals surface area contributed by atoms with Crippen molar-refractivity contribution >= 4 is 17.7 Å². The van der Waals surface area contributed by atoms with Crippen molar-refractivity contribution in [2.75, 3.05) is 20.7 Å². The molecule has 0 heterocycles. The molecule has 0 aliphatic heterocycles. The topological polar surface area (TPSA) is 45.7 Å². The van der Waals surface area contributed by atoms with Crippen LogP contribution >= 0.6 is 11.8 Å². The lowest BCUT2D eigenvalue weighted by molar-refractivity contribution is 0.184. The molecular formula is C21H27N3OS. The second kappa shape index (κ2) is 9.10. The zero-order chi connectivity index (χ0) is 18.2. The summed E-state index contributed by atoms with van der Waals surface area (Å²) in [6, 6.07) is 19.0. The van der Waals surface area contributed by atoms with E-state index in [1.54, 1.807) is 7.11 Å². The second-order valence-corrected chi connectivity index (χ2v) is 8.12. The first kappa shape index (κ1) is 18.8. The van der Waals surface area contributed by atoms with E-state index >= 15 is 0 Å². The van der Waals surface area contributed by atoms with Crippen molar-refractivity contribution in [2.45, 2.75) is 35.6 Å². The highest BCUT2D eigenvalue weighted by Crippen LogP contribution is 2.51.